The summed E-state index contributed by atoms with van der Waals surface area (Å²) in [6.07, 6.45) is -3.24. The zero-order valence-corrected chi connectivity index (χ0v) is 14.2. The van der Waals surface area contributed by atoms with Crippen molar-refractivity contribution in [2.24, 2.45) is 0 Å². The van der Waals surface area contributed by atoms with Gasteiger partial charge in [-0.15, -0.1) is 5.10 Å². The van der Waals surface area contributed by atoms with E-state index in [1.165, 1.54) is 12.3 Å². The maximum atomic E-state index is 12.9. The van der Waals surface area contributed by atoms with E-state index in [2.05, 4.69) is 25.8 Å². The van der Waals surface area contributed by atoms with E-state index in [0.29, 0.717) is 17.1 Å². The lowest BCUT2D eigenvalue weighted by Gasteiger charge is -2.12. The molecule has 6 nitrogen and oxygen atoms in total. The molecule has 27 heavy (non-hydrogen) atoms. The van der Waals surface area contributed by atoms with Crippen LogP contribution in [0.1, 0.15) is 11.1 Å². The van der Waals surface area contributed by atoms with Crippen LogP contribution >= 0.6 is 11.6 Å². The quantitative estimate of drug-likeness (QED) is 0.658. The first-order valence-electron chi connectivity index (χ1n) is 7.46. The van der Waals surface area contributed by atoms with Gasteiger partial charge in [0.2, 0.25) is 5.95 Å². The van der Waals surface area contributed by atoms with E-state index in [0.717, 1.165) is 12.1 Å². The van der Waals surface area contributed by atoms with E-state index in [-0.39, 0.29) is 11.6 Å². The van der Waals surface area contributed by atoms with Gasteiger partial charge in [-0.3, -0.25) is 0 Å². The number of anilines is 4. The molecule has 0 atom stereocenters. The van der Waals surface area contributed by atoms with E-state index < -0.39 is 16.8 Å². The number of nitrogens with zero attached hydrogens (tertiary/aromatic N) is 4. The molecule has 3 rings (SSSR count). The van der Waals surface area contributed by atoms with Crippen LogP contribution in [0.3, 0.4) is 0 Å². The number of aromatic nitrogens is 3. The van der Waals surface area contributed by atoms with Gasteiger partial charge in [0, 0.05) is 11.4 Å². The second-order valence-corrected chi connectivity index (χ2v) is 5.71. The van der Waals surface area contributed by atoms with Crippen LogP contribution in [0.15, 0.2) is 48.7 Å². The third kappa shape index (κ3) is 4.62. The van der Waals surface area contributed by atoms with Gasteiger partial charge in [-0.05, 0) is 36.4 Å². The third-order valence-electron chi connectivity index (χ3n) is 3.35. The first-order valence-corrected chi connectivity index (χ1v) is 7.83. The van der Waals surface area contributed by atoms with Crippen molar-refractivity contribution in [3.05, 3.63) is 64.8 Å². The van der Waals surface area contributed by atoms with Crippen LogP contribution < -0.4 is 10.6 Å². The van der Waals surface area contributed by atoms with Crippen LogP contribution in [0.5, 0.6) is 0 Å². The molecule has 136 valence electrons. The maximum absolute atomic E-state index is 12.9. The van der Waals surface area contributed by atoms with E-state index in [4.69, 9.17) is 16.9 Å². The van der Waals surface area contributed by atoms with Gasteiger partial charge in [-0.1, -0.05) is 17.7 Å². The second-order valence-electron chi connectivity index (χ2n) is 5.30. The summed E-state index contributed by atoms with van der Waals surface area (Å²) in [5.41, 5.74) is 0.203. The van der Waals surface area contributed by atoms with Crippen LogP contribution in [-0.2, 0) is 6.18 Å². The van der Waals surface area contributed by atoms with Crippen molar-refractivity contribution in [1.29, 1.82) is 5.26 Å². The largest absolute Gasteiger partial charge is 0.417 e. The Morgan fingerprint density at radius 1 is 1.04 bits per heavy atom. The molecule has 1 aromatic heterocycles. The van der Waals surface area contributed by atoms with Gasteiger partial charge >= 0.3 is 6.18 Å². The number of nitriles is 1. The fourth-order valence-electron chi connectivity index (χ4n) is 2.18. The number of alkyl halides is 3. The topological polar surface area (TPSA) is 86.5 Å². The highest BCUT2D eigenvalue weighted by molar-refractivity contribution is 6.31. The van der Waals surface area contributed by atoms with Crippen molar-refractivity contribution in [1.82, 2.24) is 15.2 Å². The number of rotatable bonds is 4. The van der Waals surface area contributed by atoms with Gasteiger partial charge in [0.1, 0.15) is 0 Å². The number of hydrogen-bond donors (Lipinski definition) is 2. The number of halogens is 4. The fraction of sp³-hybridized carbons (Fsp3) is 0.0588. The van der Waals surface area contributed by atoms with E-state index in [9.17, 15) is 13.2 Å². The van der Waals surface area contributed by atoms with Crippen molar-refractivity contribution in [3.63, 3.8) is 0 Å². The zero-order chi connectivity index (χ0) is 19.4. The van der Waals surface area contributed by atoms with Gasteiger partial charge in [-0.25, -0.2) is 0 Å². The molecular formula is C17H10ClF3N6. The molecular weight excluding hydrogens is 381 g/mol. The molecule has 0 saturated carbocycles. The van der Waals surface area contributed by atoms with E-state index in [1.807, 2.05) is 6.07 Å². The molecule has 0 fully saturated rings. The average molecular weight is 391 g/mol. The normalized spacial score (nSPS) is 10.9. The Balaban J connectivity index is 1.81. The summed E-state index contributed by atoms with van der Waals surface area (Å²) in [6, 6.07) is 12.1. The molecule has 10 heteroatoms. The van der Waals surface area contributed by atoms with Gasteiger partial charge in [0.15, 0.2) is 5.82 Å². The van der Waals surface area contributed by atoms with Crippen molar-refractivity contribution < 1.29 is 13.2 Å². The minimum absolute atomic E-state index is 0.00751. The van der Waals surface area contributed by atoms with Gasteiger partial charge in [-0.2, -0.15) is 28.5 Å². The highest BCUT2D eigenvalue weighted by atomic mass is 35.5. The monoisotopic (exact) mass is 390 g/mol. The Bertz CT molecular complexity index is 1020. The molecule has 0 aliphatic heterocycles. The summed E-state index contributed by atoms with van der Waals surface area (Å²) in [5.74, 6) is 0.291. The summed E-state index contributed by atoms with van der Waals surface area (Å²) in [6.45, 7) is 0. The molecule has 0 radical (unpaired) electrons. The van der Waals surface area contributed by atoms with Crippen LogP contribution in [0.4, 0.5) is 36.3 Å². The number of hydrogen-bond acceptors (Lipinski definition) is 6. The first kappa shape index (κ1) is 18.4. The highest BCUT2D eigenvalue weighted by Gasteiger charge is 2.33. The lowest BCUT2D eigenvalue weighted by molar-refractivity contribution is -0.137. The van der Waals surface area contributed by atoms with E-state index >= 15 is 0 Å². The molecule has 3 aromatic rings. The minimum Gasteiger partial charge on any atom is -0.339 e. The fourth-order valence-corrected chi connectivity index (χ4v) is 2.41. The van der Waals surface area contributed by atoms with Crippen LogP contribution in [-0.4, -0.2) is 15.2 Å². The lowest BCUT2D eigenvalue weighted by Crippen LogP contribution is -2.07. The Labute approximate surface area is 156 Å². The van der Waals surface area contributed by atoms with E-state index in [1.54, 1.807) is 24.3 Å². The van der Waals surface area contributed by atoms with Gasteiger partial charge in [0.25, 0.3) is 0 Å². The Kier molecular flexibility index (Phi) is 5.09. The van der Waals surface area contributed by atoms with Crippen molar-refractivity contribution >= 4 is 34.7 Å². The maximum Gasteiger partial charge on any atom is 0.417 e. The number of benzene rings is 2. The molecule has 0 aliphatic rings. The molecule has 0 amide bonds. The Morgan fingerprint density at radius 2 is 1.81 bits per heavy atom. The molecule has 0 aliphatic carbocycles. The molecule has 2 N–H and O–H groups in total. The lowest BCUT2D eigenvalue weighted by atomic mass is 10.2. The Morgan fingerprint density at radius 3 is 2.56 bits per heavy atom. The summed E-state index contributed by atoms with van der Waals surface area (Å²) in [7, 11) is 0. The highest BCUT2D eigenvalue weighted by Crippen LogP contribution is 2.36. The molecule has 0 unspecified atom stereocenters. The molecule has 2 aromatic carbocycles. The van der Waals surface area contributed by atoms with Crippen molar-refractivity contribution in [2.75, 3.05) is 10.6 Å². The average Bonchev–Trinajstić information content (AvgIpc) is 2.63. The molecule has 1 heterocycles. The molecule has 0 saturated heterocycles. The molecule has 0 spiro atoms. The summed E-state index contributed by atoms with van der Waals surface area (Å²) < 4.78 is 38.8. The summed E-state index contributed by atoms with van der Waals surface area (Å²) >= 11 is 5.60. The predicted octanol–water partition coefficient (Wildman–Crippen LogP) is 4.90. The van der Waals surface area contributed by atoms with Crippen molar-refractivity contribution in [2.45, 2.75) is 6.18 Å². The standard InChI is InChI=1S/C17H10ClF3N6/c18-14-5-4-12(7-13(14)17(19,20)21)25-16-26-15(9-23-27-16)24-11-3-1-2-10(6-11)8-22/h1-7,9H,(H2,24,25,26,27). The SMILES string of the molecule is N#Cc1cccc(Nc2cnnc(Nc3ccc(Cl)c(C(F)(F)F)c3)n2)c1. The Hall–Kier alpha value is -3.38. The van der Waals surface area contributed by atoms with Crippen LogP contribution in [0, 0.1) is 11.3 Å². The predicted molar refractivity (Wildman–Crippen MR) is 94.0 cm³/mol. The third-order valence-corrected chi connectivity index (χ3v) is 3.68. The zero-order valence-electron chi connectivity index (χ0n) is 13.4. The van der Waals surface area contributed by atoms with Gasteiger partial charge in [0.05, 0.1) is 28.4 Å². The number of nitrogens with one attached hydrogen (secondary N) is 2. The summed E-state index contributed by atoms with van der Waals surface area (Å²) in [4.78, 5) is 4.14. The molecule has 0 bridgehead atoms. The van der Waals surface area contributed by atoms with Crippen molar-refractivity contribution in [3.8, 4) is 6.07 Å². The van der Waals surface area contributed by atoms with Gasteiger partial charge < -0.3 is 10.6 Å². The second kappa shape index (κ2) is 7.47. The smallest absolute Gasteiger partial charge is 0.339 e. The summed E-state index contributed by atoms with van der Waals surface area (Å²) in [5, 5.41) is 21.6. The van der Waals surface area contributed by atoms with Crippen LogP contribution in [0.25, 0.3) is 0 Å². The first-order chi connectivity index (χ1) is 12.8. The van der Waals surface area contributed by atoms with Crippen LogP contribution in [0.2, 0.25) is 5.02 Å². The minimum atomic E-state index is -4.58.